The van der Waals surface area contributed by atoms with E-state index in [1.807, 2.05) is 6.92 Å². The standard InChI is InChI=1S/C16H15ClFNO2.C12H15N/c1-2-7-21-15-6-4-10(8-12(15)16(19)20)11-3-5-14(18)13(17)9-11;1-3-6-10-9-13(2)12-8-5-4-7-11(10)12/h3-6,8-9H,2,7H2,1H3,(H2,19,20);4-5,7-9H,3,6H2,1-2H3. The van der Waals surface area contributed by atoms with E-state index < -0.39 is 11.7 Å². The minimum Gasteiger partial charge on any atom is -0.493 e. The second-order valence-corrected chi connectivity index (χ2v) is 8.49. The van der Waals surface area contributed by atoms with Gasteiger partial charge < -0.3 is 15.0 Å². The predicted octanol–water partition coefficient (Wildman–Crippen LogP) is 7.16. The Morgan fingerprint density at radius 2 is 1.74 bits per heavy atom. The fraction of sp³-hybridized carbons (Fsp3) is 0.250. The van der Waals surface area contributed by atoms with Gasteiger partial charge in [-0.05, 0) is 59.9 Å². The zero-order valence-electron chi connectivity index (χ0n) is 19.8. The molecule has 1 aromatic heterocycles. The Hall–Kier alpha value is -3.31. The molecule has 3 aromatic carbocycles. The van der Waals surface area contributed by atoms with Gasteiger partial charge in [-0.15, -0.1) is 0 Å². The molecule has 4 aromatic rings. The number of amides is 1. The van der Waals surface area contributed by atoms with Crippen LogP contribution in [-0.2, 0) is 13.5 Å². The van der Waals surface area contributed by atoms with Gasteiger partial charge in [-0.25, -0.2) is 4.39 Å². The van der Waals surface area contributed by atoms with Gasteiger partial charge in [0.15, 0.2) is 0 Å². The number of hydrogen-bond donors (Lipinski definition) is 1. The molecule has 34 heavy (non-hydrogen) atoms. The molecule has 0 radical (unpaired) electrons. The first kappa shape index (κ1) is 25.3. The molecule has 4 nitrogen and oxygen atoms in total. The van der Waals surface area contributed by atoms with E-state index in [1.165, 1.54) is 41.4 Å². The van der Waals surface area contributed by atoms with Crippen LogP contribution < -0.4 is 10.5 Å². The molecule has 0 spiro atoms. The van der Waals surface area contributed by atoms with E-state index in [4.69, 9.17) is 22.1 Å². The van der Waals surface area contributed by atoms with Crippen molar-refractivity contribution >= 4 is 28.4 Å². The Bertz CT molecular complexity index is 1280. The van der Waals surface area contributed by atoms with Crippen molar-refractivity contribution in [2.24, 2.45) is 12.8 Å². The number of hydrogen-bond acceptors (Lipinski definition) is 2. The van der Waals surface area contributed by atoms with Crippen molar-refractivity contribution in [2.75, 3.05) is 6.61 Å². The summed E-state index contributed by atoms with van der Waals surface area (Å²) in [6.45, 7) is 4.70. The van der Waals surface area contributed by atoms with Crippen molar-refractivity contribution in [1.29, 1.82) is 0 Å². The molecule has 0 saturated carbocycles. The minimum atomic E-state index is -0.573. The van der Waals surface area contributed by atoms with Crippen molar-refractivity contribution in [1.82, 2.24) is 4.57 Å². The van der Waals surface area contributed by atoms with E-state index in [1.54, 1.807) is 24.3 Å². The van der Waals surface area contributed by atoms with Gasteiger partial charge in [-0.3, -0.25) is 4.79 Å². The van der Waals surface area contributed by atoms with Crippen molar-refractivity contribution in [2.45, 2.75) is 33.1 Å². The van der Waals surface area contributed by atoms with Gasteiger partial charge in [0.25, 0.3) is 5.91 Å². The summed E-state index contributed by atoms with van der Waals surface area (Å²) >= 11 is 5.77. The van der Waals surface area contributed by atoms with Gasteiger partial charge in [0.2, 0.25) is 0 Å². The number of aromatic nitrogens is 1. The highest BCUT2D eigenvalue weighted by Crippen LogP contribution is 2.29. The number of para-hydroxylation sites is 1. The van der Waals surface area contributed by atoms with Crippen molar-refractivity contribution in [3.05, 3.63) is 88.8 Å². The maximum Gasteiger partial charge on any atom is 0.252 e. The average molecular weight is 481 g/mol. The summed E-state index contributed by atoms with van der Waals surface area (Å²) in [6, 6.07) is 18.1. The number of halogens is 2. The predicted molar refractivity (Wildman–Crippen MR) is 138 cm³/mol. The summed E-state index contributed by atoms with van der Waals surface area (Å²) in [5, 5.41) is 1.44. The SMILES string of the molecule is CCCOc1ccc(-c2ccc(F)c(Cl)c2)cc1C(N)=O.CCCc1cn(C)c2ccccc12. The van der Waals surface area contributed by atoms with Crippen LogP contribution in [0.25, 0.3) is 22.0 Å². The van der Waals surface area contributed by atoms with Gasteiger partial charge in [-0.2, -0.15) is 0 Å². The molecule has 0 saturated heterocycles. The number of nitrogens with zero attached hydrogens (tertiary/aromatic N) is 1. The largest absolute Gasteiger partial charge is 0.493 e. The molecule has 178 valence electrons. The minimum absolute atomic E-state index is 0.0273. The highest BCUT2D eigenvalue weighted by Gasteiger charge is 2.12. The molecule has 0 unspecified atom stereocenters. The third kappa shape index (κ3) is 5.97. The third-order valence-corrected chi connectivity index (χ3v) is 5.75. The summed E-state index contributed by atoms with van der Waals surface area (Å²) in [7, 11) is 2.11. The number of rotatable bonds is 7. The highest BCUT2D eigenvalue weighted by atomic mass is 35.5. The molecule has 0 bridgehead atoms. The first-order valence-corrected chi connectivity index (χ1v) is 11.8. The number of aryl methyl sites for hydroxylation is 2. The summed E-state index contributed by atoms with van der Waals surface area (Å²) < 4.78 is 20.9. The van der Waals surface area contributed by atoms with Crippen LogP contribution in [-0.4, -0.2) is 17.1 Å². The van der Waals surface area contributed by atoms with E-state index in [0.29, 0.717) is 23.5 Å². The molecule has 2 N–H and O–H groups in total. The lowest BCUT2D eigenvalue weighted by molar-refractivity contribution is 0.0996. The molecule has 0 fully saturated rings. The highest BCUT2D eigenvalue weighted by molar-refractivity contribution is 6.31. The Morgan fingerprint density at radius 1 is 1.03 bits per heavy atom. The van der Waals surface area contributed by atoms with Gasteiger partial charge in [0.1, 0.15) is 11.6 Å². The lowest BCUT2D eigenvalue weighted by atomic mass is 10.0. The molecule has 1 amide bonds. The monoisotopic (exact) mass is 480 g/mol. The topological polar surface area (TPSA) is 57.2 Å². The van der Waals surface area contributed by atoms with Crippen LogP contribution in [0.5, 0.6) is 5.75 Å². The van der Waals surface area contributed by atoms with Crippen LogP contribution in [0.4, 0.5) is 4.39 Å². The van der Waals surface area contributed by atoms with E-state index in [2.05, 4.69) is 49.0 Å². The van der Waals surface area contributed by atoms with Gasteiger partial charge in [0, 0.05) is 24.1 Å². The van der Waals surface area contributed by atoms with Gasteiger partial charge >= 0.3 is 0 Å². The van der Waals surface area contributed by atoms with Crippen LogP contribution in [0.15, 0.2) is 66.9 Å². The normalized spacial score (nSPS) is 10.6. The maximum atomic E-state index is 13.2. The number of carbonyl (C=O) groups excluding carboxylic acids is 1. The lowest BCUT2D eigenvalue weighted by Gasteiger charge is -2.11. The molecule has 0 aliphatic heterocycles. The fourth-order valence-corrected chi connectivity index (χ4v) is 3.99. The summed E-state index contributed by atoms with van der Waals surface area (Å²) in [4.78, 5) is 11.5. The van der Waals surface area contributed by atoms with Crippen LogP contribution in [0.2, 0.25) is 5.02 Å². The first-order chi connectivity index (χ1) is 16.3. The second kappa shape index (κ2) is 11.7. The van der Waals surface area contributed by atoms with Gasteiger partial charge in [-0.1, -0.05) is 62.2 Å². The number of benzene rings is 3. The van der Waals surface area contributed by atoms with Crippen LogP contribution in [0.3, 0.4) is 0 Å². The molecule has 6 heteroatoms. The Morgan fingerprint density at radius 3 is 2.41 bits per heavy atom. The second-order valence-electron chi connectivity index (χ2n) is 8.08. The quantitative estimate of drug-likeness (QED) is 0.305. The Kier molecular flexibility index (Phi) is 8.72. The molecule has 4 rings (SSSR count). The fourth-order valence-electron chi connectivity index (χ4n) is 3.81. The molecule has 0 aliphatic rings. The number of carbonyl (C=O) groups is 1. The van der Waals surface area contributed by atoms with Crippen molar-refractivity contribution < 1.29 is 13.9 Å². The third-order valence-electron chi connectivity index (χ3n) is 5.46. The molecule has 1 heterocycles. The summed E-state index contributed by atoms with van der Waals surface area (Å²) in [5.41, 5.74) is 9.90. The Balaban J connectivity index is 0.000000212. The van der Waals surface area contributed by atoms with E-state index in [0.717, 1.165) is 12.0 Å². The van der Waals surface area contributed by atoms with E-state index in [9.17, 15) is 9.18 Å². The summed E-state index contributed by atoms with van der Waals surface area (Å²) in [5.74, 6) is -0.615. The molecule has 0 atom stereocenters. The van der Waals surface area contributed by atoms with Crippen LogP contribution in [0.1, 0.15) is 42.6 Å². The summed E-state index contributed by atoms with van der Waals surface area (Å²) in [6.07, 6.45) is 5.47. The van der Waals surface area contributed by atoms with E-state index >= 15 is 0 Å². The smallest absolute Gasteiger partial charge is 0.252 e. The van der Waals surface area contributed by atoms with E-state index in [-0.39, 0.29) is 5.02 Å². The number of fused-ring (bicyclic) bond motifs is 1. The van der Waals surface area contributed by atoms with Gasteiger partial charge in [0.05, 0.1) is 17.2 Å². The number of ether oxygens (including phenoxy) is 1. The average Bonchev–Trinajstić information content (AvgIpc) is 3.15. The first-order valence-electron chi connectivity index (χ1n) is 11.4. The molecular weight excluding hydrogens is 451 g/mol. The van der Waals surface area contributed by atoms with Crippen molar-refractivity contribution in [3.63, 3.8) is 0 Å². The zero-order chi connectivity index (χ0) is 24.7. The number of nitrogens with two attached hydrogens (primary N) is 1. The Labute approximate surface area is 205 Å². The zero-order valence-corrected chi connectivity index (χ0v) is 20.5. The van der Waals surface area contributed by atoms with Crippen LogP contribution in [0, 0.1) is 5.82 Å². The number of primary amides is 1. The molecule has 0 aliphatic carbocycles. The maximum absolute atomic E-state index is 13.2. The van der Waals surface area contributed by atoms with Crippen molar-refractivity contribution in [3.8, 4) is 16.9 Å². The molecular formula is C28H30ClFN2O2. The lowest BCUT2D eigenvalue weighted by Crippen LogP contribution is -2.13. The van der Waals surface area contributed by atoms with Crippen LogP contribution >= 0.6 is 11.6 Å².